The van der Waals surface area contributed by atoms with Gasteiger partial charge in [-0.05, 0) is 12.5 Å². The van der Waals surface area contributed by atoms with Crippen LogP contribution in [0.15, 0.2) is 73.9 Å². The molecule has 0 saturated heterocycles. The Hall–Kier alpha value is -2.68. The summed E-state index contributed by atoms with van der Waals surface area (Å²) >= 11 is 0. The summed E-state index contributed by atoms with van der Waals surface area (Å²) < 4.78 is 3.97. The smallest absolute Gasteiger partial charge is 0.338 e. The molecule has 0 N–H and O–H groups in total. The summed E-state index contributed by atoms with van der Waals surface area (Å²) in [5.41, 5.74) is 2.19. The highest BCUT2D eigenvalue weighted by Gasteiger charge is 2.10. The molecule has 0 bridgehead atoms. The predicted octanol–water partition coefficient (Wildman–Crippen LogP) is 3.70. The van der Waals surface area contributed by atoms with Gasteiger partial charge < -0.3 is 4.74 Å². The molecule has 20 heavy (non-hydrogen) atoms. The van der Waals surface area contributed by atoms with Crippen LogP contribution in [0.2, 0.25) is 0 Å². The molecule has 0 radical (unpaired) electrons. The Bertz CT molecular complexity index is 494. The number of hydrogen-bond acceptors (Lipinski definition) is 3. The fraction of sp³-hybridized carbons (Fsp3) is 0.0588. The van der Waals surface area contributed by atoms with Crippen molar-refractivity contribution in [3.63, 3.8) is 0 Å². The lowest BCUT2D eigenvalue weighted by molar-refractivity contribution is -0.150. The van der Waals surface area contributed by atoms with Crippen molar-refractivity contribution in [1.82, 2.24) is 0 Å². The van der Waals surface area contributed by atoms with Crippen molar-refractivity contribution in [3.8, 4) is 0 Å². The van der Waals surface area contributed by atoms with E-state index in [0.29, 0.717) is 0 Å². The maximum atomic E-state index is 9.92. The molecule has 0 spiro atoms. The molecular formula is C17H18O3. The van der Waals surface area contributed by atoms with Crippen LogP contribution in [-0.2, 0) is 14.3 Å². The number of hydrogen-bond donors (Lipinski definition) is 0. The highest BCUT2D eigenvalue weighted by Crippen LogP contribution is 1.97. The summed E-state index contributed by atoms with van der Waals surface area (Å²) in [7, 11) is 0. The first kappa shape index (κ1) is 17.3. The Labute approximate surface area is 119 Å². The van der Waals surface area contributed by atoms with Crippen LogP contribution in [0.4, 0.5) is 0 Å². The van der Waals surface area contributed by atoms with Gasteiger partial charge in [0.2, 0.25) is 0 Å². The van der Waals surface area contributed by atoms with Crippen molar-refractivity contribution in [1.29, 1.82) is 0 Å². The number of rotatable bonds is 2. The van der Waals surface area contributed by atoms with Gasteiger partial charge in [0.15, 0.2) is 0 Å². The van der Waals surface area contributed by atoms with E-state index in [1.54, 1.807) is 6.08 Å². The van der Waals surface area contributed by atoms with Crippen LogP contribution in [0.3, 0.4) is 0 Å². The highest BCUT2D eigenvalue weighted by atomic mass is 16.6. The van der Waals surface area contributed by atoms with Gasteiger partial charge in [0.25, 0.3) is 0 Å². The molecule has 0 aromatic heterocycles. The minimum atomic E-state index is -0.579. The zero-order chi connectivity index (χ0) is 15.4. The third-order valence-electron chi connectivity index (χ3n) is 1.94. The number of esters is 2. The molecule has 3 nitrogen and oxygen atoms in total. The maximum absolute atomic E-state index is 9.92. The van der Waals surface area contributed by atoms with E-state index in [2.05, 4.69) is 24.5 Å². The van der Waals surface area contributed by atoms with Crippen molar-refractivity contribution in [2.45, 2.75) is 6.92 Å². The molecule has 0 aliphatic carbocycles. The predicted molar refractivity (Wildman–Crippen MR) is 81.8 cm³/mol. The van der Waals surface area contributed by atoms with Crippen molar-refractivity contribution in [3.05, 3.63) is 79.4 Å². The number of carbonyl (C=O) groups is 2. The van der Waals surface area contributed by atoms with Gasteiger partial charge in [-0.1, -0.05) is 67.8 Å². The van der Waals surface area contributed by atoms with Crippen LogP contribution >= 0.6 is 0 Å². The van der Waals surface area contributed by atoms with Gasteiger partial charge in [0.05, 0.1) is 0 Å². The molecule has 0 amide bonds. The number of cyclic esters (lactones) is 2. The van der Waals surface area contributed by atoms with Gasteiger partial charge in [0.1, 0.15) is 0 Å². The molecular weight excluding hydrogens is 252 g/mol. The van der Waals surface area contributed by atoms with Gasteiger partial charge in [0, 0.05) is 12.2 Å². The van der Waals surface area contributed by atoms with E-state index >= 15 is 0 Å². The fourth-order valence-electron chi connectivity index (χ4n) is 0.892. The molecule has 1 aromatic rings. The molecule has 0 fully saturated rings. The second kappa shape index (κ2) is 10.3. The van der Waals surface area contributed by atoms with E-state index in [4.69, 9.17) is 0 Å². The molecule has 1 aromatic carbocycles. The summed E-state index contributed by atoms with van der Waals surface area (Å²) in [5.74, 6) is -1.16. The second-order valence-electron chi connectivity index (χ2n) is 3.74. The summed E-state index contributed by atoms with van der Waals surface area (Å²) in [6, 6.07) is 10.0. The topological polar surface area (TPSA) is 43.4 Å². The third-order valence-corrected chi connectivity index (χ3v) is 1.94. The van der Waals surface area contributed by atoms with E-state index < -0.39 is 11.9 Å². The molecule has 3 heteroatoms. The number of carbonyl (C=O) groups excluding carboxylic acids is 2. The molecule has 2 rings (SSSR count). The Morgan fingerprint density at radius 3 is 1.70 bits per heavy atom. The molecule has 0 saturated carbocycles. The Kier molecular flexibility index (Phi) is 8.89. The van der Waals surface area contributed by atoms with Crippen LogP contribution in [-0.4, -0.2) is 11.9 Å². The van der Waals surface area contributed by atoms with E-state index in [9.17, 15) is 9.59 Å². The van der Waals surface area contributed by atoms with E-state index in [-0.39, 0.29) is 0 Å². The first-order valence-corrected chi connectivity index (χ1v) is 5.89. The fourth-order valence-corrected chi connectivity index (χ4v) is 0.892. The maximum Gasteiger partial charge on any atom is 0.338 e. The largest absolute Gasteiger partial charge is 0.387 e. The lowest BCUT2D eigenvalue weighted by atomic mass is 10.2. The Balaban J connectivity index is 0.000000280. The third kappa shape index (κ3) is 9.36. The number of allylic oxidation sites excluding steroid dienone is 2. The summed E-state index contributed by atoms with van der Waals surface area (Å²) in [5, 5.41) is 0. The lowest BCUT2D eigenvalue weighted by Gasteiger charge is -1.85. The van der Waals surface area contributed by atoms with Crippen molar-refractivity contribution in [2.75, 3.05) is 0 Å². The average Bonchev–Trinajstić information content (AvgIpc) is 2.84. The molecule has 1 aliphatic heterocycles. The Morgan fingerprint density at radius 2 is 1.50 bits per heavy atom. The lowest BCUT2D eigenvalue weighted by Crippen LogP contribution is -1.96. The molecule has 104 valence electrons. The molecule has 0 unspecified atom stereocenters. The van der Waals surface area contributed by atoms with Crippen LogP contribution in [0.25, 0.3) is 6.08 Å². The van der Waals surface area contributed by atoms with E-state index in [1.165, 1.54) is 5.56 Å². The summed E-state index contributed by atoms with van der Waals surface area (Å²) in [6.07, 6.45) is 5.73. The van der Waals surface area contributed by atoms with Gasteiger partial charge in [-0.25, -0.2) is 9.59 Å². The van der Waals surface area contributed by atoms with Crippen LogP contribution < -0.4 is 0 Å². The molecule has 1 aliphatic rings. The van der Waals surface area contributed by atoms with Gasteiger partial charge >= 0.3 is 11.9 Å². The van der Waals surface area contributed by atoms with Gasteiger partial charge in [-0.15, -0.1) is 0 Å². The highest BCUT2D eigenvalue weighted by molar-refractivity contribution is 6.04. The average molecular weight is 270 g/mol. The van der Waals surface area contributed by atoms with Crippen molar-refractivity contribution >= 4 is 18.0 Å². The summed E-state index contributed by atoms with van der Waals surface area (Å²) in [4.78, 5) is 19.8. The SMILES string of the molecule is C=CC(=C)C.C=Cc1ccccc1.O=C1C=CC(=O)O1. The van der Waals surface area contributed by atoms with Crippen LogP contribution in [0.1, 0.15) is 12.5 Å². The monoisotopic (exact) mass is 270 g/mol. The number of ether oxygens (including phenoxy) is 1. The van der Waals surface area contributed by atoms with Gasteiger partial charge in [-0.2, -0.15) is 0 Å². The number of benzene rings is 1. The van der Waals surface area contributed by atoms with E-state index in [1.807, 2.05) is 43.3 Å². The zero-order valence-electron chi connectivity index (χ0n) is 11.5. The first-order valence-electron chi connectivity index (χ1n) is 5.89. The molecule has 0 atom stereocenters. The minimum absolute atomic E-state index is 0.579. The zero-order valence-corrected chi connectivity index (χ0v) is 11.5. The second-order valence-corrected chi connectivity index (χ2v) is 3.74. The van der Waals surface area contributed by atoms with E-state index in [0.717, 1.165) is 17.7 Å². The summed E-state index contributed by atoms with van der Waals surface area (Å²) in [6.45, 7) is 12.6. The minimum Gasteiger partial charge on any atom is -0.387 e. The van der Waals surface area contributed by atoms with Gasteiger partial charge in [-0.3, -0.25) is 0 Å². The molecule has 1 heterocycles. The van der Waals surface area contributed by atoms with Crippen LogP contribution in [0, 0.1) is 0 Å². The van der Waals surface area contributed by atoms with Crippen molar-refractivity contribution in [2.24, 2.45) is 0 Å². The standard InChI is InChI=1S/C8H8.C5H8.C4H2O3/c1-2-8-6-4-3-5-7-8;1-4-5(2)3;5-3-1-2-4(6)7-3/h2-7H,1H2;4H,1-2H2,3H3;1-2H. The first-order chi connectivity index (χ1) is 9.49. The normalized spacial score (nSPS) is 11.2. The Morgan fingerprint density at radius 1 is 1.05 bits per heavy atom. The van der Waals surface area contributed by atoms with Crippen molar-refractivity contribution < 1.29 is 14.3 Å². The quantitative estimate of drug-likeness (QED) is 0.467. The van der Waals surface area contributed by atoms with Crippen LogP contribution in [0.5, 0.6) is 0 Å².